The molecular formula is C24H30N2O4. The average molecular weight is 411 g/mol. The van der Waals surface area contributed by atoms with Crippen molar-refractivity contribution >= 4 is 5.91 Å². The summed E-state index contributed by atoms with van der Waals surface area (Å²) in [5.74, 6) is 2.42. The number of methoxy groups -OCH3 is 3. The van der Waals surface area contributed by atoms with Gasteiger partial charge in [0, 0.05) is 25.2 Å². The van der Waals surface area contributed by atoms with Crippen molar-refractivity contribution in [2.24, 2.45) is 0 Å². The minimum atomic E-state index is 0.0713. The minimum absolute atomic E-state index is 0.0713. The molecule has 1 amide bonds. The van der Waals surface area contributed by atoms with E-state index < -0.39 is 0 Å². The van der Waals surface area contributed by atoms with E-state index >= 15 is 0 Å². The second-order valence-electron chi connectivity index (χ2n) is 8.02. The Morgan fingerprint density at radius 1 is 1.03 bits per heavy atom. The first-order valence-electron chi connectivity index (χ1n) is 10.5. The van der Waals surface area contributed by atoms with Crippen molar-refractivity contribution in [2.75, 3.05) is 34.4 Å². The summed E-state index contributed by atoms with van der Waals surface area (Å²) >= 11 is 0. The van der Waals surface area contributed by atoms with Crippen LogP contribution in [0.25, 0.3) is 0 Å². The molecule has 2 atom stereocenters. The van der Waals surface area contributed by atoms with Crippen LogP contribution in [-0.2, 0) is 17.6 Å². The number of piperidine rings is 1. The Labute approximate surface area is 178 Å². The summed E-state index contributed by atoms with van der Waals surface area (Å²) in [4.78, 5) is 15.2. The summed E-state index contributed by atoms with van der Waals surface area (Å²) in [6.07, 6.45) is 3.29. The van der Waals surface area contributed by atoms with Gasteiger partial charge in [0.25, 0.3) is 0 Å². The van der Waals surface area contributed by atoms with E-state index in [9.17, 15) is 4.79 Å². The number of ether oxygens (including phenoxy) is 3. The van der Waals surface area contributed by atoms with Crippen LogP contribution < -0.4 is 19.5 Å². The van der Waals surface area contributed by atoms with Crippen LogP contribution in [0, 0.1) is 0 Å². The topological polar surface area (TPSA) is 60.0 Å². The van der Waals surface area contributed by atoms with Gasteiger partial charge >= 0.3 is 0 Å². The van der Waals surface area contributed by atoms with E-state index in [0.29, 0.717) is 12.5 Å². The number of carbonyl (C=O) groups excluding carboxylic acids is 1. The smallest absolute Gasteiger partial charge is 0.224 e. The van der Waals surface area contributed by atoms with E-state index in [2.05, 4.69) is 22.3 Å². The molecule has 0 saturated carbocycles. The third-order valence-corrected chi connectivity index (χ3v) is 6.27. The first-order valence-corrected chi connectivity index (χ1v) is 10.5. The molecule has 0 radical (unpaired) electrons. The van der Waals surface area contributed by atoms with Crippen molar-refractivity contribution in [3.8, 4) is 17.2 Å². The molecule has 6 nitrogen and oxygen atoms in total. The largest absolute Gasteiger partial charge is 0.497 e. The molecule has 2 aromatic rings. The number of benzene rings is 2. The fourth-order valence-electron chi connectivity index (χ4n) is 4.67. The Morgan fingerprint density at radius 2 is 1.77 bits per heavy atom. The quantitative estimate of drug-likeness (QED) is 0.793. The maximum Gasteiger partial charge on any atom is 0.224 e. The Hall–Kier alpha value is -2.73. The number of hydrogen-bond donors (Lipinski definition) is 1. The molecule has 0 bridgehead atoms. The summed E-state index contributed by atoms with van der Waals surface area (Å²) in [6.45, 7) is 2.03. The average Bonchev–Trinajstić information content (AvgIpc) is 2.78. The van der Waals surface area contributed by atoms with Crippen molar-refractivity contribution in [1.82, 2.24) is 10.2 Å². The number of fused-ring (bicyclic) bond motifs is 3. The lowest BCUT2D eigenvalue weighted by atomic mass is 9.84. The van der Waals surface area contributed by atoms with E-state index in [0.717, 1.165) is 55.2 Å². The van der Waals surface area contributed by atoms with Crippen molar-refractivity contribution in [3.05, 3.63) is 53.1 Å². The van der Waals surface area contributed by atoms with Crippen LogP contribution in [0.3, 0.4) is 0 Å². The van der Waals surface area contributed by atoms with Crippen molar-refractivity contribution in [1.29, 1.82) is 0 Å². The van der Waals surface area contributed by atoms with Gasteiger partial charge < -0.3 is 19.5 Å². The van der Waals surface area contributed by atoms with E-state index in [-0.39, 0.29) is 11.9 Å². The molecule has 160 valence electrons. The Kier molecular flexibility index (Phi) is 6.13. The molecule has 4 rings (SSSR count). The van der Waals surface area contributed by atoms with Crippen LogP contribution in [-0.4, -0.2) is 51.3 Å². The Bertz CT molecular complexity index is 897. The minimum Gasteiger partial charge on any atom is -0.497 e. The van der Waals surface area contributed by atoms with E-state index in [1.54, 1.807) is 21.3 Å². The van der Waals surface area contributed by atoms with Gasteiger partial charge in [0.05, 0.1) is 27.8 Å². The molecule has 0 spiro atoms. The van der Waals surface area contributed by atoms with E-state index in [1.807, 2.05) is 24.3 Å². The third-order valence-electron chi connectivity index (χ3n) is 6.27. The number of carbonyl (C=O) groups is 1. The lowest BCUT2D eigenvalue weighted by molar-refractivity contribution is -0.121. The van der Waals surface area contributed by atoms with Gasteiger partial charge in [-0.25, -0.2) is 0 Å². The number of hydrogen-bond acceptors (Lipinski definition) is 5. The van der Waals surface area contributed by atoms with Crippen LogP contribution in [0.4, 0.5) is 0 Å². The number of nitrogens with zero attached hydrogens (tertiary/aromatic N) is 1. The zero-order chi connectivity index (χ0) is 21.1. The summed E-state index contributed by atoms with van der Waals surface area (Å²) < 4.78 is 16.2. The molecule has 6 heteroatoms. The van der Waals surface area contributed by atoms with Gasteiger partial charge in [-0.1, -0.05) is 12.1 Å². The molecule has 0 aromatic heterocycles. The predicted molar refractivity (Wildman–Crippen MR) is 115 cm³/mol. The fourth-order valence-corrected chi connectivity index (χ4v) is 4.67. The Balaban J connectivity index is 1.44. The molecule has 2 aromatic carbocycles. The summed E-state index contributed by atoms with van der Waals surface area (Å²) in [6, 6.07) is 12.4. The van der Waals surface area contributed by atoms with E-state index in [1.165, 1.54) is 11.1 Å². The molecular weight excluding hydrogens is 380 g/mol. The van der Waals surface area contributed by atoms with Gasteiger partial charge in [-0.3, -0.25) is 9.69 Å². The second kappa shape index (κ2) is 8.96. The highest BCUT2D eigenvalue weighted by atomic mass is 16.5. The molecule has 0 aliphatic carbocycles. The highest BCUT2D eigenvalue weighted by Crippen LogP contribution is 2.41. The monoisotopic (exact) mass is 410 g/mol. The maximum atomic E-state index is 12.6. The number of amides is 1. The third kappa shape index (κ3) is 4.24. The van der Waals surface area contributed by atoms with Crippen LogP contribution >= 0.6 is 0 Å². The molecule has 1 saturated heterocycles. The van der Waals surface area contributed by atoms with Gasteiger partial charge in [0.2, 0.25) is 5.91 Å². The zero-order valence-corrected chi connectivity index (χ0v) is 17.9. The first-order chi connectivity index (χ1) is 14.6. The van der Waals surface area contributed by atoms with Gasteiger partial charge in [-0.05, 0) is 60.2 Å². The molecule has 2 heterocycles. The van der Waals surface area contributed by atoms with Gasteiger partial charge in [-0.2, -0.15) is 0 Å². The zero-order valence-electron chi connectivity index (χ0n) is 17.9. The van der Waals surface area contributed by atoms with Crippen LogP contribution in [0.1, 0.15) is 35.6 Å². The number of nitrogens with one attached hydrogen (secondary N) is 1. The van der Waals surface area contributed by atoms with Crippen molar-refractivity contribution in [2.45, 2.75) is 37.8 Å². The highest BCUT2D eigenvalue weighted by molar-refractivity contribution is 5.79. The predicted octanol–water partition coefficient (Wildman–Crippen LogP) is 3.13. The second-order valence-corrected chi connectivity index (χ2v) is 8.02. The maximum absolute atomic E-state index is 12.6. The Morgan fingerprint density at radius 3 is 2.47 bits per heavy atom. The fraction of sp³-hybridized carbons (Fsp3) is 0.458. The van der Waals surface area contributed by atoms with Crippen LogP contribution in [0.2, 0.25) is 0 Å². The lowest BCUT2D eigenvalue weighted by Gasteiger charge is -2.43. The summed E-state index contributed by atoms with van der Waals surface area (Å²) in [5, 5.41) is 3.26. The lowest BCUT2D eigenvalue weighted by Crippen LogP contribution is -2.48. The van der Waals surface area contributed by atoms with Crippen LogP contribution in [0.15, 0.2) is 36.4 Å². The highest BCUT2D eigenvalue weighted by Gasteiger charge is 2.35. The molecule has 2 aliphatic rings. The first kappa shape index (κ1) is 20.5. The molecule has 1 fully saturated rings. The molecule has 1 N–H and O–H groups in total. The van der Waals surface area contributed by atoms with Gasteiger partial charge in [0.15, 0.2) is 11.5 Å². The van der Waals surface area contributed by atoms with Crippen molar-refractivity contribution in [3.63, 3.8) is 0 Å². The molecule has 2 aliphatic heterocycles. The summed E-state index contributed by atoms with van der Waals surface area (Å²) in [7, 11) is 4.99. The van der Waals surface area contributed by atoms with Gasteiger partial charge in [-0.15, -0.1) is 0 Å². The SMILES string of the molecule is COc1ccc(CC(=O)NC2CCN3CCc4cc(OC)c(OC)cc4C3C2)cc1. The van der Waals surface area contributed by atoms with Crippen LogP contribution in [0.5, 0.6) is 17.2 Å². The standard InChI is InChI=1S/C24H30N2O4/c1-28-19-6-4-16(5-7-19)12-24(27)25-18-9-11-26-10-8-17-13-22(29-2)23(30-3)15-20(17)21(26)14-18/h4-7,13,15,18,21H,8-12,14H2,1-3H3,(H,25,27). The number of rotatable bonds is 6. The normalized spacial score (nSPS) is 20.6. The summed E-state index contributed by atoms with van der Waals surface area (Å²) in [5.41, 5.74) is 3.61. The van der Waals surface area contributed by atoms with E-state index in [4.69, 9.17) is 14.2 Å². The van der Waals surface area contributed by atoms with Crippen molar-refractivity contribution < 1.29 is 19.0 Å². The molecule has 30 heavy (non-hydrogen) atoms. The van der Waals surface area contributed by atoms with Gasteiger partial charge in [0.1, 0.15) is 5.75 Å². The molecule has 2 unspecified atom stereocenters.